The minimum Gasteiger partial charge on any atom is -0.398 e. The van der Waals surface area contributed by atoms with Crippen molar-refractivity contribution in [3.05, 3.63) is 52.8 Å². The van der Waals surface area contributed by atoms with Crippen LogP contribution in [0.1, 0.15) is 16.7 Å². The number of H-pyrrole nitrogens is 1. The SMILES string of the molecule is Cc1ccc(/C(N)=C(\N)C(N)=O)c(N)c1-c1cc(C)c2[nH]ncc2c1. The Bertz CT molecular complexity index is 1030. The Morgan fingerprint density at radius 1 is 1.08 bits per heavy atom. The first-order valence-corrected chi connectivity index (χ1v) is 7.69. The quantitative estimate of drug-likeness (QED) is 0.363. The molecule has 1 heterocycles. The summed E-state index contributed by atoms with van der Waals surface area (Å²) in [6, 6.07) is 7.66. The molecule has 7 heteroatoms. The van der Waals surface area contributed by atoms with Gasteiger partial charge in [-0.1, -0.05) is 12.1 Å². The number of benzene rings is 2. The number of nitrogens with two attached hydrogens (primary N) is 4. The molecule has 0 aliphatic heterocycles. The van der Waals surface area contributed by atoms with Crippen LogP contribution >= 0.6 is 0 Å². The second kappa shape index (κ2) is 5.86. The topological polar surface area (TPSA) is 150 Å². The molecule has 0 bridgehead atoms. The molecule has 0 saturated carbocycles. The molecule has 0 radical (unpaired) electrons. The zero-order chi connectivity index (χ0) is 18.3. The van der Waals surface area contributed by atoms with E-state index in [1.807, 2.05) is 32.0 Å². The van der Waals surface area contributed by atoms with Crippen molar-refractivity contribution >= 4 is 28.2 Å². The molecule has 0 spiro atoms. The van der Waals surface area contributed by atoms with Gasteiger partial charge >= 0.3 is 0 Å². The van der Waals surface area contributed by atoms with Gasteiger partial charge in [-0.05, 0) is 42.7 Å². The number of hydrogen-bond acceptors (Lipinski definition) is 5. The number of aryl methyl sites for hydroxylation is 2. The number of carbonyl (C=O) groups excluding carboxylic acids is 1. The molecule has 1 aromatic heterocycles. The summed E-state index contributed by atoms with van der Waals surface area (Å²) in [5.74, 6) is -0.783. The molecule has 3 rings (SSSR count). The van der Waals surface area contributed by atoms with Crippen molar-refractivity contribution in [2.45, 2.75) is 13.8 Å². The van der Waals surface area contributed by atoms with Crippen LogP contribution in [0.3, 0.4) is 0 Å². The van der Waals surface area contributed by atoms with Crippen LogP contribution in [0, 0.1) is 13.8 Å². The van der Waals surface area contributed by atoms with Gasteiger partial charge in [0.2, 0.25) is 0 Å². The zero-order valence-electron chi connectivity index (χ0n) is 14.1. The predicted octanol–water partition coefficient (Wildman–Crippen LogP) is 1.50. The van der Waals surface area contributed by atoms with E-state index in [4.69, 9.17) is 22.9 Å². The third-order valence-corrected chi connectivity index (χ3v) is 4.33. The van der Waals surface area contributed by atoms with Gasteiger partial charge in [0.15, 0.2) is 0 Å². The van der Waals surface area contributed by atoms with Gasteiger partial charge in [-0.25, -0.2) is 0 Å². The van der Waals surface area contributed by atoms with E-state index in [0.29, 0.717) is 11.3 Å². The number of rotatable bonds is 3. The smallest absolute Gasteiger partial charge is 0.266 e. The van der Waals surface area contributed by atoms with E-state index >= 15 is 0 Å². The van der Waals surface area contributed by atoms with Crippen molar-refractivity contribution in [2.75, 3.05) is 5.73 Å². The lowest BCUT2D eigenvalue weighted by Gasteiger charge is -2.16. The summed E-state index contributed by atoms with van der Waals surface area (Å²) in [7, 11) is 0. The summed E-state index contributed by atoms with van der Waals surface area (Å²) in [5.41, 5.74) is 28.9. The van der Waals surface area contributed by atoms with E-state index in [9.17, 15) is 4.79 Å². The number of nitrogens with one attached hydrogen (secondary N) is 1. The monoisotopic (exact) mass is 336 g/mol. The summed E-state index contributed by atoms with van der Waals surface area (Å²) < 4.78 is 0. The molecule has 0 aliphatic carbocycles. The number of hydrogen-bond donors (Lipinski definition) is 5. The molecular formula is C18H20N6O. The lowest BCUT2D eigenvalue weighted by Crippen LogP contribution is -2.24. The van der Waals surface area contributed by atoms with Gasteiger partial charge in [0.1, 0.15) is 5.70 Å². The fourth-order valence-corrected chi connectivity index (χ4v) is 3.00. The van der Waals surface area contributed by atoms with E-state index in [0.717, 1.165) is 33.2 Å². The molecule has 7 nitrogen and oxygen atoms in total. The van der Waals surface area contributed by atoms with Crippen LogP contribution in [0.4, 0.5) is 5.69 Å². The first-order valence-electron chi connectivity index (χ1n) is 7.69. The highest BCUT2D eigenvalue weighted by molar-refractivity contribution is 6.01. The normalized spacial score (nSPS) is 12.2. The number of aromatic amines is 1. The molecule has 128 valence electrons. The van der Waals surface area contributed by atoms with Gasteiger partial charge in [0.05, 0.1) is 17.4 Å². The molecule has 25 heavy (non-hydrogen) atoms. The number of nitrogens with zero attached hydrogens (tertiary/aromatic N) is 1. The second-order valence-electron chi connectivity index (χ2n) is 6.04. The Morgan fingerprint density at radius 2 is 1.80 bits per heavy atom. The van der Waals surface area contributed by atoms with Crippen LogP contribution in [0.25, 0.3) is 27.7 Å². The fraction of sp³-hybridized carbons (Fsp3) is 0.111. The Hall–Kier alpha value is -3.48. The van der Waals surface area contributed by atoms with Crippen LogP contribution < -0.4 is 22.9 Å². The largest absolute Gasteiger partial charge is 0.398 e. The Balaban J connectivity index is 2.27. The van der Waals surface area contributed by atoms with Crippen molar-refractivity contribution in [2.24, 2.45) is 17.2 Å². The Kier molecular flexibility index (Phi) is 3.84. The van der Waals surface area contributed by atoms with Crippen molar-refractivity contribution in [1.82, 2.24) is 10.2 Å². The van der Waals surface area contributed by atoms with Crippen LogP contribution in [-0.2, 0) is 4.79 Å². The van der Waals surface area contributed by atoms with Crippen LogP contribution in [0.5, 0.6) is 0 Å². The number of fused-ring (bicyclic) bond motifs is 1. The lowest BCUT2D eigenvalue weighted by atomic mass is 9.92. The van der Waals surface area contributed by atoms with Crippen molar-refractivity contribution < 1.29 is 4.79 Å². The van der Waals surface area contributed by atoms with Gasteiger partial charge in [-0.2, -0.15) is 5.10 Å². The van der Waals surface area contributed by atoms with Crippen LogP contribution in [0.2, 0.25) is 0 Å². The summed E-state index contributed by atoms with van der Waals surface area (Å²) >= 11 is 0. The van der Waals surface area contributed by atoms with Gasteiger partial charge in [0.25, 0.3) is 5.91 Å². The molecule has 1 amide bonds. The molecule has 0 saturated heterocycles. The molecule has 0 aliphatic rings. The highest BCUT2D eigenvalue weighted by Crippen LogP contribution is 2.36. The fourth-order valence-electron chi connectivity index (χ4n) is 3.00. The van der Waals surface area contributed by atoms with Crippen LogP contribution in [-0.4, -0.2) is 16.1 Å². The number of nitrogen functional groups attached to an aromatic ring is 1. The maximum absolute atomic E-state index is 11.3. The summed E-state index contributed by atoms with van der Waals surface area (Å²) in [6.07, 6.45) is 1.76. The Morgan fingerprint density at radius 3 is 2.48 bits per heavy atom. The number of anilines is 1. The first-order chi connectivity index (χ1) is 11.8. The predicted molar refractivity (Wildman–Crippen MR) is 99.9 cm³/mol. The van der Waals surface area contributed by atoms with E-state index in [1.54, 1.807) is 12.3 Å². The molecule has 9 N–H and O–H groups in total. The third kappa shape index (κ3) is 2.65. The lowest BCUT2D eigenvalue weighted by molar-refractivity contribution is -0.114. The highest BCUT2D eigenvalue weighted by Gasteiger charge is 2.16. The van der Waals surface area contributed by atoms with Gasteiger partial charge in [-0.3, -0.25) is 9.89 Å². The van der Waals surface area contributed by atoms with Gasteiger partial charge in [0, 0.05) is 22.2 Å². The van der Waals surface area contributed by atoms with E-state index in [2.05, 4.69) is 10.2 Å². The van der Waals surface area contributed by atoms with E-state index in [1.165, 1.54) is 0 Å². The maximum atomic E-state index is 11.3. The van der Waals surface area contributed by atoms with Crippen molar-refractivity contribution in [1.29, 1.82) is 0 Å². The highest BCUT2D eigenvalue weighted by atomic mass is 16.1. The number of primary amides is 1. The first kappa shape index (κ1) is 16.4. The minimum absolute atomic E-state index is 0.0763. The molecule has 0 atom stereocenters. The van der Waals surface area contributed by atoms with Crippen molar-refractivity contribution in [3.63, 3.8) is 0 Å². The Labute approximate surface area is 144 Å². The maximum Gasteiger partial charge on any atom is 0.266 e. The molecule has 3 aromatic rings. The van der Waals surface area contributed by atoms with E-state index in [-0.39, 0.29) is 11.4 Å². The standard InChI is InChI=1S/C18H20N6O/c1-8-3-4-12(15(20)16(21)18(22)25)14(19)13(8)10-5-9(2)17-11(6-10)7-23-24-17/h3-7H,19-21H2,1-2H3,(H2,22,25)(H,23,24)/b16-15+. The second-order valence-corrected chi connectivity index (χ2v) is 6.04. The minimum atomic E-state index is -0.783. The van der Waals surface area contributed by atoms with Crippen molar-refractivity contribution in [3.8, 4) is 11.1 Å². The summed E-state index contributed by atoms with van der Waals surface area (Å²) in [4.78, 5) is 11.3. The zero-order valence-corrected chi connectivity index (χ0v) is 14.1. The number of carbonyl (C=O) groups is 1. The third-order valence-electron chi connectivity index (χ3n) is 4.33. The molecule has 0 unspecified atom stereocenters. The number of amides is 1. The molecular weight excluding hydrogens is 316 g/mol. The summed E-state index contributed by atoms with van der Waals surface area (Å²) in [5, 5.41) is 8.04. The number of aromatic nitrogens is 2. The molecule has 2 aromatic carbocycles. The molecule has 0 fully saturated rings. The average Bonchev–Trinajstić information content (AvgIpc) is 3.03. The van der Waals surface area contributed by atoms with Crippen LogP contribution in [0.15, 0.2) is 36.2 Å². The average molecular weight is 336 g/mol. The van der Waals surface area contributed by atoms with E-state index < -0.39 is 5.91 Å². The van der Waals surface area contributed by atoms with Gasteiger partial charge in [-0.15, -0.1) is 0 Å². The summed E-state index contributed by atoms with van der Waals surface area (Å²) in [6.45, 7) is 3.96. The van der Waals surface area contributed by atoms with Gasteiger partial charge < -0.3 is 22.9 Å².